The number of nitrogens with two attached hydrogens (primary N) is 1. The van der Waals surface area contributed by atoms with Crippen LogP contribution in [0.1, 0.15) is 5.56 Å². The minimum absolute atomic E-state index is 0.133. The monoisotopic (exact) mass is 495 g/mol. The largest absolute Gasteiger partial charge is 0.493 e. The molecule has 188 valence electrons. The molecule has 0 aliphatic carbocycles. The van der Waals surface area contributed by atoms with E-state index in [4.69, 9.17) is 24.9 Å². The molecule has 2 aromatic carbocycles. The Morgan fingerprint density at radius 2 is 1.68 bits per heavy atom. The van der Waals surface area contributed by atoms with Gasteiger partial charge in [-0.1, -0.05) is 30.3 Å². The number of rotatable bonds is 9. The Balaban J connectivity index is 1.48. The first kappa shape index (κ1) is 24.3. The normalized spacial score (nSPS) is 11.9. The van der Waals surface area contributed by atoms with Crippen LogP contribution in [0.3, 0.4) is 0 Å². The molecule has 8 nitrogen and oxygen atoms in total. The molecule has 0 unspecified atom stereocenters. The zero-order valence-electron chi connectivity index (χ0n) is 21.1. The van der Waals surface area contributed by atoms with Gasteiger partial charge in [0.2, 0.25) is 0 Å². The van der Waals surface area contributed by atoms with Crippen molar-refractivity contribution in [2.45, 2.75) is 12.5 Å². The quantitative estimate of drug-likeness (QED) is 0.280. The summed E-state index contributed by atoms with van der Waals surface area (Å²) in [5.41, 5.74) is 9.88. The van der Waals surface area contributed by atoms with Gasteiger partial charge in [0.25, 0.3) is 0 Å². The summed E-state index contributed by atoms with van der Waals surface area (Å²) in [4.78, 5) is 13.9. The van der Waals surface area contributed by atoms with Crippen molar-refractivity contribution in [2.24, 2.45) is 5.73 Å². The van der Waals surface area contributed by atoms with E-state index in [1.54, 1.807) is 26.6 Å². The molecule has 0 aliphatic rings. The average Bonchev–Trinajstić information content (AvgIpc) is 2.95. The van der Waals surface area contributed by atoms with Crippen LogP contribution >= 0.6 is 0 Å². The number of hydrogen-bond donors (Lipinski definition) is 2. The number of hydrogen-bond acceptors (Lipinski definition) is 8. The van der Waals surface area contributed by atoms with E-state index in [2.05, 4.69) is 27.4 Å². The Bertz CT molecular complexity index is 1540. The van der Waals surface area contributed by atoms with Gasteiger partial charge >= 0.3 is 0 Å². The molecule has 0 spiro atoms. The van der Waals surface area contributed by atoms with E-state index >= 15 is 0 Å². The van der Waals surface area contributed by atoms with Crippen LogP contribution in [0.15, 0.2) is 73.2 Å². The molecule has 37 heavy (non-hydrogen) atoms. The van der Waals surface area contributed by atoms with Crippen LogP contribution in [0.4, 0.5) is 5.82 Å². The number of anilines is 1. The highest BCUT2D eigenvalue weighted by Gasteiger charge is 2.15. The van der Waals surface area contributed by atoms with Gasteiger partial charge in [0.05, 0.1) is 31.6 Å². The summed E-state index contributed by atoms with van der Waals surface area (Å²) in [6.45, 7) is 0.380. The van der Waals surface area contributed by atoms with Crippen LogP contribution in [-0.2, 0) is 6.42 Å². The lowest BCUT2D eigenvalue weighted by Gasteiger charge is -2.15. The molecule has 3 heterocycles. The minimum Gasteiger partial charge on any atom is -0.493 e. The average molecular weight is 496 g/mol. The summed E-state index contributed by atoms with van der Waals surface area (Å²) in [6, 6.07) is 17.8. The van der Waals surface area contributed by atoms with Crippen LogP contribution in [0.25, 0.3) is 32.9 Å². The number of benzene rings is 2. The van der Waals surface area contributed by atoms with E-state index in [1.807, 2.05) is 55.7 Å². The maximum Gasteiger partial charge on any atom is 0.162 e. The SMILES string of the molecule is CNc1nc(-c2cncc(OC[C@@H](N)Cc3ccccc3)c2)cc2c1cnc1cc(OC)c(OC)cc12. The van der Waals surface area contributed by atoms with Gasteiger partial charge in [-0.3, -0.25) is 9.97 Å². The lowest BCUT2D eigenvalue weighted by atomic mass is 10.0. The highest BCUT2D eigenvalue weighted by Crippen LogP contribution is 2.37. The van der Waals surface area contributed by atoms with Crippen molar-refractivity contribution in [3.05, 3.63) is 78.8 Å². The van der Waals surface area contributed by atoms with Crippen molar-refractivity contribution >= 4 is 27.5 Å². The highest BCUT2D eigenvalue weighted by atomic mass is 16.5. The number of pyridine rings is 3. The second-order valence-electron chi connectivity index (χ2n) is 8.72. The number of aromatic nitrogens is 3. The van der Waals surface area contributed by atoms with Gasteiger partial charge < -0.3 is 25.3 Å². The third kappa shape index (κ3) is 5.10. The molecule has 0 amide bonds. The summed E-state index contributed by atoms with van der Waals surface area (Å²) in [5, 5.41) is 6.02. The Hall–Kier alpha value is -4.43. The van der Waals surface area contributed by atoms with Crippen molar-refractivity contribution in [1.29, 1.82) is 0 Å². The molecule has 0 saturated carbocycles. The number of nitrogens with one attached hydrogen (secondary N) is 1. The Morgan fingerprint density at radius 3 is 2.43 bits per heavy atom. The zero-order chi connectivity index (χ0) is 25.8. The van der Waals surface area contributed by atoms with Crippen molar-refractivity contribution < 1.29 is 14.2 Å². The molecule has 0 saturated heterocycles. The Labute approximate surface area is 215 Å². The maximum absolute atomic E-state index is 6.31. The van der Waals surface area contributed by atoms with E-state index in [0.717, 1.165) is 39.4 Å². The van der Waals surface area contributed by atoms with Crippen LogP contribution in [-0.4, -0.2) is 48.9 Å². The fourth-order valence-corrected chi connectivity index (χ4v) is 4.39. The van der Waals surface area contributed by atoms with Gasteiger partial charge in [-0.25, -0.2) is 4.98 Å². The first-order valence-electron chi connectivity index (χ1n) is 12.0. The minimum atomic E-state index is -0.133. The smallest absolute Gasteiger partial charge is 0.162 e. The van der Waals surface area contributed by atoms with E-state index in [1.165, 1.54) is 5.56 Å². The Morgan fingerprint density at radius 1 is 0.892 bits per heavy atom. The van der Waals surface area contributed by atoms with Gasteiger partial charge in [0.1, 0.15) is 18.2 Å². The van der Waals surface area contributed by atoms with Crippen LogP contribution < -0.4 is 25.3 Å². The molecule has 1 atom stereocenters. The molecule has 8 heteroatoms. The Kier molecular flexibility index (Phi) is 7.00. The fourth-order valence-electron chi connectivity index (χ4n) is 4.39. The van der Waals surface area contributed by atoms with Gasteiger partial charge in [-0.15, -0.1) is 0 Å². The van der Waals surface area contributed by atoms with Gasteiger partial charge in [0.15, 0.2) is 11.5 Å². The molecular weight excluding hydrogens is 466 g/mol. The molecule has 0 radical (unpaired) electrons. The topological polar surface area (TPSA) is 104 Å². The molecule has 3 N–H and O–H groups in total. The molecule has 0 aliphatic heterocycles. The first-order valence-corrected chi connectivity index (χ1v) is 12.0. The second kappa shape index (κ2) is 10.7. The lowest BCUT2D eigenvalue weighted by Crippen LogP contribution is -2.30. The summed E-state index contributed by atoms with van der Waals surface area (Å²) >= 11 is 0. The number of nitrogens with zero attached hydrogens (tertiary/aromatic N) is 3. The zero-order valence-corrected chi connectivity index (χ0v) is 21.1. The van der Waals surface area contributed by atoms with Crippen molar-refractivity contribution in [3.8, 4) is 28.5 Å². The van der Waals surface area contributed by atoms with Crippen molar-refractivity contribution in [2.75, 3.05) is 33.2 Å². The van der Waals surface area contributed by atoms with E-state index in [9.17, 15) is 0 Å². The molecular formula is C29H29N5O3. The van der Waals surface area contributed by atoms with Crippen LogP contribution in [0, 0.1) is 0 Å². The van der Waals surface area contributed by atoms with E-state index < -0.39 is 0 Å². The lowest BCUT2D eigenvalue weighted by molar-refractivity contribution is 0.286. The van der Waals surface area contributed by atoms with Gasteiger partial charge in [-0.2, -0.15) is 0 Å². The summed E-state index contributed by atoms with van der Waals surface area (Å²) < 4.78 is 17.0. The van der Waals surface area contributed by atoms with Gasteiger partial charge in [-0.05, 0) is 35.6 Å². The summed E-state index contributed by atoms with van der Waals surface area (Å²) in [6.07, 6.45) is 6.02. The maximum atomic E-state index is 6.31. The third-order valence-corrected chi connectivity index (χ3v) is 6.23. The third-order valence-electron chi connectivity index (χ3n) is 6.23. The predicted octanol–water partition coefficient (Wildman–Crippen LogP) is 4.85. The number of fused-ring (bicyclic) bond motifs is 3. The summed E-state index contributed by atoms with van der Waals surface area (Å²) in [5.74, 6) is 2.62. The van der Waals surface area contributed by atoms with Crippen LogP contribution in [0.2, 0.25) is 0 Å². The van der Waals surface area contributed by atoms with Crippen molar-refractivity contribution in [3.63, 3.8) is 0 Å². The van der Waals surface area contributed by atoms with Crippen LogP contribution in [0.5, 0.6) is 17.2 Å². The van der Waals surface area contributed by atoms with Crippen molar-refractivity contribution in [1.82, 2.24) is 15.0 Å². The fraction of sp³-hybridized carbons (Fsp3) is 0.207. The molecule has 0 fully saturated rings. The molecule has 5 rings (SSSR count). The summed E-state index contributed by atoms with van der Waals surface area (Å²) in [7, 11) is 5.08. The first-order chi connectivity index (χ1) is 18.1. The standard InChI is InChI=1S/C29H29N5O3/c1-31-29-24-16-33-26-13-28(36-3)27(35-2)12-23(26)22(24)11-25(34-29)19-10-21(15-32-14-19)37-17-20(30)9-18-7-5-4-6-8-18/h4-8,10-16,20H,9,17,30H2,1-3H3,(H,31,34)/t20-/m0/s1. The highest BCUT2D eigenvalue weighted by molar-refractivity contribution is 6.10. The molecule has 0 bridgehead atoms. The molecule has 3 aromatic heterocycles. The number of ether oxygens (including phenoxy) is 3. The number of methoxy groups -OCH3 is 2. The van der Waals surface area contributed by atoms with Gasteiger partial charge in [0, 0.05) is 47.9 Å². The molecule has 5 aromatic rings. The van der Waals surface area contributed by atoms with E-state index in [-0.39, 0.29) is 6.04 Å². The predicted molar refractivity (Wildman–Crippen MR) is 147 cm³/mol. The second-order valence-corrected chi connectivity index (χ2v) is 8.72. The van der Waals surface area contributed by atoms with E-state index in [0.29, 0.717) is 29.7 Å².